The number of H-pyrrole nitrogens is 1. The summed E-state index contributed by atoms with van der Waals surface area (Å²) in [7, 11) is 1.38. The van der Waals surface area contributed by atoms with Crippen molar-refractivity contribution in [2.75, 3.05) is 7.11 Å². The van der Waals surface area contributed by atoms with Gasteiger partial charge in [0.25, 0.3) is 11.8 Å². The van der Waals surface area contributed by atoms with Crippen molar-refractivity contribution in [2.24, 2.45) is 47.2 Å². The average molecular weight is 936 g/mol. The Kier molecular flexibility index (Phi) is 14.8. The number of fused-ring (bicyclic) bond motifs is 1. The van der Waals surface area contributed by atoms with Crippen LogP contribution in [-0.4, -0.2) is 122 Å². The molecule has 1 aromatic rings. The maximum absolute atomic E-state index is 14.9. The number of primary amides is 1. The van der Waals surface area contributed by atoms with Crippen molar-refractivity contribution in [3.05, 3.63) is 57.1 Å². The largest absolute Gasteiger partial charge is 0.511 e. The van der Waals surface area contributed by atoms with Crippen molar-refractivity contribution in [3.63, 3.8) is 0 Å². The van der Waals surface area contributed by atoms with Gasteiger partial charge in [0.1, 0.15) is 40.9 Å². The number of aromatic amines is 1. The lowest BCUT2D eigenvalue weighted by molar-refractivity contribution is -0.222. The van der Waals surface area contributed by atoms with Gasteiger partial charge in [0.15, 0.2) is 11.9 Å². The van der Waals surface area contributed by atoms with Crippen molar-refractivity contribution >= 4 is 52.9 Å². The number of aromatic nitrogens is 1. The second-order valence-electron chi connectivity index (χ2n) is 19.1. The van der Waals surface area contributed by atoms with Crippen LogP contribution in [-0.2, 0) is 33.3 Å². The van der Waals surface area contributed by atoms with Crippen LogP contribution in [0.2, 0.25) is 10.0 Å². The Morgan fingerprint density at radius 1 is 1.09 bits per heavy atom. The van der Waals surface area contributed by atoms with Gasteiger partial charge in [0.05, 0.1) is 40.4 Å². The summed E-state index contributed by atoms with van der Waals surface area (Å²) < 4.78 is 23.3. The van der Waals surface area contributed by atoms with E-state index in [1.54, 1.807) is 27.7 Å². The van der Waals surface area contributed by atoms with Crippen LogP contribution < -0.4 is 11.1 Å². The van der Waals surface area contributed by atoms with E-state index in [0.717, 1.165) is 5.57 Å². The molecule has 5 aliphatic rings. The number of carbonyl (C=O) groups excluding carboxylic acids is 5. The second-order valence-corrected chi connectivity index (χ2v) is 19.9. The van der Waals surface area contributed by atoms with E-state index in [1.807, 2.05) is 26.8 Å². The predicted octanol–water partition coefficient (Wildman–Crippen LogP) is 5.50. The van der Waals surface area contributed by atoms with Crippen LogP contribution in [0.3, 0.4) is 0 Å². The SMILES string of the molecule is C=C1CCC(CC2CC(O)(C(C)NC(=O)c3[nH]c(C)c(Cl)c3Cl)C(O)C(C)O2)C2C=CC(C)C(C(O)=C3C(=O)C(C(C)C)N(C4CC(C)C(OC(N)=O)C(OC(C)=O)C4OC)C3=O)C12. The number of aliphatic hydroxyl groups is 3. The number of esters is 1. The zero-order valence-electron chi connectivity index (χ0n) is 37.9. The van der Waals surface area contributed by atoms with Gasteiger partial charge in [-0.15, -0.1) is 0 Å². The molecule has 0 spiro atoms. The van der Waals surface area contributed by atoms with Gasteiger partial charge in [-0.3, -0.25) is 19.2 Å². The maximum atomic E-state index is 14.9. The van der Waals surface area contributed by atoms with Gasteiger partial charge in [0.2, 0.25) is 0 Å². The Morgan fingerprint density at radius 3 is 2.34 bits per heavy atom. The molecule has 64 heavy (non-hydrogen) atoms. The highest BCUT2D eigenvalue weighted by Gasteiger charge is 2.58. The Labute approximate surface area is 384 Å². The molecule has 18 heteroatoms. The number of ether oxygens (including phenoxy) is 4. The van der Waals surface area contributed by atoms with E-state index in [0.29, 0.717) is 25.0 Å². The van der Waals surface area contributed by atoms with Crippen LogP contribution in [0.4, 0.5) is 4.79 Å². The van der Waals surface area contributed by atoms with Crippen molar-refractivity contribution in [3.8, 4) is 0 Å². The number of allylic oxidation sites excluding steroid dienone is 4. The number of ketones is 1. The van der Waals surface area contributed by atoms with E-state index in [1.165, 1.54) is 18.9 Å². The van der Waals surface area contributed by atoms with Gasteiger partial charge < -0.3 is 55.2 Å². The van der Waals surface area contributed by atoms with Crippen LogP contribution in [0.5, 0.6) is 0 Å². The number of aliphatic hydroxyl groups excluding tert-OH is 2. The van der Waals surface area contributed by atoms with Crippen LogP contribution >= 0.6 is 23.2 Å². The molecule has 0 aromatic carbocycles. The van der Waals surface area contributed by atoms with Crippen molar-refractivity contribution in [1.82, 2.24) is 15.2 Å². The minimum absolute atomic E-state index is 0.00271. The lowest BCUT2D eigenvalue weighted by atomic mass is 9.58. The number of halogens is 2. The number of methoxy groups -OCH3 is 1. The number of nitrogens with two attached hydrogens (primary N) is 1. The zero-order valence-corrected chi connectivity index (χ0v) is 39.4. The summed E-state index contributed by atoms with van der Waals surface area (Å²) in [6, 6.07) is -2.75. The summed E-state index contributed by atoms with van der Waals surface area (Å²) in [5, 5.41) is 38.9. The van der Waals surface area contributed by atoms with E-state index in [2.05, 4.69) is 23.0 Å². The second kappa shape index (κ2) is 19.1. The summed E-state index contributed by atoms with van der Waals surface area (Å²) in [6.45, 7) is 17.9. The summed E-state index contributed by atoms with van der Waals surface area (Å²) in [6.07, 6.45) is -0.855. The van der Waals surface area contributed by atoms with Crippen LogP contribution in [0.1, 0.15) is 96.8 Å². The molecule has 0 radical (unpaired) electrons. The van der Waals surface area contributed by atoms with Gasteiger partial charge >= 0.3 is 12.1 Å². The monoisotopic (exact) mass is 934 g/mol. The van der Waals surface area contributed by atoms with Crippen molar-refractivity contribution in [2.45, 2.75) is 148 Å². The number of nitrogens with zero attached hydrogens (tertiary/aromatic N) is 1. The predicted molar refractivity (Wildman–Crippen MR) is 236 cm³/mol. The lowest BCUT2D eigenvalue weighted by Crippen LogP contribution is -2.65. The quantitative estimate of drug-likeness (QED) is 0.0531. The number of hydrogen-bond donors (Lipinski definition) is 6. The molecule has 6 rings (SSSR count). The number of aryl methyl sites for hydroxylation is 1. The summed E-state index contributed by atoms with van der Waals surface area (Å²) in [4.78, 5) is 71.4. The Hall–Kier alpha value is -3.93. The normalized spacial score (nSPS) is 37.9. The molecule has 4 fully saturated rings. The number of likely N-dealkylation sites (tertiary alicyclic amines) is 1. The number of rotatable bonds is 11. The van der Waals surface area contributed by atoms with E-state index in [9.17, 15) is 39.3 Å². The smallest absolute Gasteiger partial charge is 0.404 e. The summed E-state index contributed by atoms with van der Waals surface area (Å²) in [5.74, 6) is -5.29. The van der Waals surface area contributed by atoms with E-state index in [-0.39, 0.29) is 63.6 Å². The van der Waals surface area contributed by atoms with Gasteiger partial charge in [-0.25, -0.2) is 4.79 Å². The van der Waals surface area contributed by atoms with Gasteiger partial charge in [-0.1, -0.05) is 75.2 Å². The number of Topliss-reactive ketones (excluding diaryl/α,β-unsaturated/α-hetero) is 1. The summed E-state index contributed by atoms with van der Waals surface area (Å²) >= 11 is 12.5. The molecule has 16 nitrogen and oxygen atoms in total. The number of hydrogen-bond acceptors (Lipinski definition) is 12. The molecular formula is C46H64Cl2N4O12. The van der Waals surface area contributed by atoms with Crippen molar-refractivity contribution < 1.29 is 58.2 Å². The molecule has 16 atom stereocenters. The third-order valence-electron chi connectivity index (χ3n) is 14.6. The first-order valence-corrected chi connectivity index (χ1v) is 22.9. The molecule has 2 saturated heterocycles. The van der Waals surface area contributed by atoms with Crippen LogP contribution in [0.25, 0.3) is 0 Å². The lowest BCUT2D eigenvalue weighted by Gasteiger charge is -2.50. The molecule has 2 aliphatic heterocycles. The highest BCUT2D eigenvalue weighted by Crippen LogP contribution is 2.53. The Morgan fingerprint density at radius 2 is 1.77 bits per heavy atom. The average Bonchev–Trinajstić information content (AvgIpc) is 3.63. The first kappa shape index (κ1) is 49.5. The van der Waals surface area contributed by atoms with E-state index >= 15 is 0 Å². The molecule has 2 saturated carbocycles. The summed E-state index contributed by atoms with van der Waals surface area (Å²) in [5.41, 5.74) is 4.73. The molecule has 3 heterocycles. The zero-order chi connectivity index (χ0) is 47.4. The topological polar surface area (TPSA) is 240 Å². The minimum atomic E-state index is -1.79. The maximum Gasteiger partial charge on any atom is 0.404 e. The third-order valence-corrected chi connectivity index (χ3v) is 15.5. The first-order chi connectivity index (χ1) is 29.9. The fourth-order valence-electron chi connectivity index (χ4n) is 11.5. The molecule has 16 unspecified atom stereocenters. The minimum Gasteiger partial charge on any atom is -0.511 e. The number of amides is 3. The standard InChI is InChI=1S/C46H64Cl2N4O12/c1-18(2)36-38(55)32(44(58)52(36)29-15-21(5)39(64-45(49)59)41(40(29)61-10)63-25(9)53)37(54)31-20(4)12-14-28-26(13-11-19(3)30(28)31)16-27-17-46(60,42(56)23(7)62-27)24(8)51-43(57)35-34(48)33(47)22(6)50-35/h12,14,18,20-21,23-24,26-31,36,39-42,50,54,56,60H,3,11,13,15-17H2,1-2,4-10H3,(H2,49,59)(H,51,57). The molecule has 354 valence electrons. The van der Waals surface area contributed by atoms with Gasteiger partial charge in [-0.2, -0.15) is 0 Å². The molecule has 7 N–H and O–H groups in total. The highest BCUT2D eigenvalue weighted by atomic mass is 35.5. The van der Waals surface area contributed by atoms with Crippen LogP contribution in [0, 0.1) is 48.3 Å². The highest BCUT2D eigenvalue weighted by molar-refractivity contribution is 6.44. The number of nitrogens with one attached hydrogen (secondary N) is 2. The van der Waals surface area contributed by atoms with Crippen LogP contribution in [0.15, 0.2) is 35.6 Å². The van der Waals surface area contributed by atoms with E-state index < -0.39 is 108 Å². The van der Waals surface area contributed by atoms with Crippen molar-refractivity contribution in [1.29, 1.82) is 0 Å². The van der Waals surface area contributed by atoms with Gasteiger partial charge in [-0.05, 0) is 82.0 Å². The molecule has 1 aromatic heterocycles. The fraction of sp³-hybridized carbons (Fsp3) is 0.674. The van der Waals surface area contributed by atoms with E-state index in [4.69, 9.17) is 47.9 Å². The molecule has 3 amide bonds. The third kappa shape index (κ3) is 8.99. The molecule has 0 bridgehead atoms. The first-order valence-electron chi connectivity index (χ1n) is 22.2. The Bertz CT molecular complexity index is 2090. The fourth-order valence-corrected chi connectivity index (χ4v) is 11.9. The number of carbonyl (C=O) groups is 5. The Balaban J connectivity index is 1.27. The molecule has 3 aliphatic carbocycles. The molecular weight excluding hydrogens is 871 g/mol. The van der Waals surface area contributed by atoms with Gasteiger partial charge in [0, 0.05) is 32.1 Å².